The Labute approximate surface area is 119 Å². The zero-order valence-corrected chi connectivity index (χ0v) is 12.5. The molecule has 106 valence electrons. The molecule has 0 bridgehead atoms. The zero-order chi connectivity index (χ0) is 12.7. The Morgan fingerprint density at radius 1 is 1.33 bits per heavy atom. The Hall–Kier alpha value is -0.460. The van der Waals surface area contributed by atoms with E-state index in [2.05, 4.69) is 17.6 Å². The maximum Gasteiger partial charge on any atom is 0.243 e. The summed E-state index contributed by atoms with van der Waals surface area (Å²) in [6.45, 7) is 5.97. The highest BCUT2D eigenvalue weighted by Gasteiger charge is 2.32. The minimum Gasteiger partial charge on any atom is -0.353 e. The van der Waals surface area contributed by atoms with Gasteiger partial charge >= 0.3 is 0 Å². The van der Waals surface area contributed by atoms with Gasteiger partial charge in [-0.25, -0.2) is 0 Å². The van der Waals surface area contributed by atoms with Crippen LogP contribution in [0, 0.1) is 0 Å². The van der Waals surface area contributed by atoms with E-state index < -0.39 is 0 Å². The maximum atomic E-state index is 11.8. The first-order chi connectivity index (χ1) is 8.16. The predicted octanol–water partition coefficient (Wildman–Crippen LogP) is 0.445. The molecule has 5 nitrogen and oxygen atoms in total. The molecular weight excluding hydrogens is 274 g/mol. The number of thioether (sulfide) groups is 1. The molecule has 2 N–H and O–H groups in total. The molecule has 0 radical (unpaired) electrons. The molecule has 7 heteroatoms. The van der Waals surface area contributed by atoms with Crippen LogP contribution in [0.15, 0.2) is 0 Å². The van der Waals surface area contributed by atoms with Crippen molar-refractivity contribution < 1.29 is 9.59 Å². The number of amides is 2. The van der Waals surface area contributed by atoms with Crippen molar-refractivity contribution >= 4 is 36.0 Å². The van der Waals surface area contributed by atoms with E-state index in [1.165, 1.54) is 6.92 Å². The van der Waals surface area contributed by atoms with Crippen LogP contribution >= 0.6 is 24.2 Å². The average molecular weight is 296 g/mol. The molecule has 0 aliphatic carbocycles. The molecule has 1 heterocycles. The van der Waals surface area contributed by atoms with Crippen LogP contribution in [0.2, 0.25) is 0 Å². The van der Waals surface area contributed by atoms with Crippen molar-refractivity contribution in [3.8, 4) is 0 Å². The lowest BCUT2D eigenvalue weighted by molar-refractivity contribution is -0.136. The largest absolute Gasteiger partial charge is 0.353 e. The van der Waals surface area contributed by atoms with Crippen molar-refractivity contribution in [2.24, 2.45) is 0 Å². The molecule has 1 aliphatic heterocycles. The fourth-order valence-corrected chi connectivity index (χ4v) is 2.88. The third-order valence-corrected chi connectivity index (χ3v) is 3.63. The van der Waals surface area contributed by atoms with E-state index in [-0.39, 0.29) is 30.3 Å². The van der Waals surface area contributed by atoms with Gasteiger partial charge in [-0.05, 0) is 13.0 Å². The highest BCUT2D eigenvalue weighted by atomic mass is 35.5. The maximum absolute atomic E-state index is 11.8. The number of nitrogens with zero attached hydrogens (tertiary/aromatic N) is 1. The van der Waals surface area contributed by atoms with Crippen molar-refractivity contribution in [2.45, 2.75) is 26.3 Å². The number of carbonyl (C=O) groups excluding carboxylic acids is 2. The van der Waals surface area contributed by atoms with Crippen LogP contribution in [0.4, 0.5) is 0 Å². The Kier molecular flexibility index (Phi) is 9.23. The normalized spacial score (nSPS) is 18.3. The summed E-state index contributed by atoms with van der Waals surface area (Å²) in [5, 5.41) is 6.07. The zero-order valence-electron chi connectivity index (χ0n) is 10.9. The van der Waals surface area contributed by atoms with E-state index in [1.807, 2.05) is 0 Å². The molecule has 1 atom stereocenters. The summed E-state index contributed by atoms with van der Waals surface area (Å²) in [6.07, 6.45) is 1.09. The van der Waals surface area contributed by atoms with Gasteiger partial charge in [0.15, 0.2) is 0 Å². The van der Waals surface area contributed by atoms with E-state index in [9.17, 15) is 9.59 Å². The van der Waals surface area contributed by atoms with Gasteiger partial charge in [-0.2, -0.15) is 0 Å². The lowest BCUT2D eigenvalue weighted by Crippen LogP contribution is -2.47. The minimum atomic E-state index is -0.288. The molecule has 0 saturated carbocycles. The number of hydrogen-bond acceptors (Lipinski definition) is 4. The van der Waals surface area contributed by atoms with E-state index >= 15 is 0 Å². The molecule has 0 aromatic carbocycles. The average Bonchev–Trinajstić information content (AvgIpc) is 2.77. The standard InChI is InChI=1S/C11H21N3O2S.ClH/c1-3-4-12-5-6-13-11(16)10-7-17-8-14(10)9(2)15;/h10,12H,3-8H2,1-2H3,(H,13,16);1H. The Morgan fingerprint density at radius 3 is 2.67 bits per heavy atom. The van der Waals surface area contributed by atoms with E-state index in [1.54, 1.807) is 16.7 Å². The van der Waals surface area contributed by atoms with Gasteiger partial charge in [-0.1, -0.05) is 6.92 Å². The number of nitrogens with one attached hydrogen (secondary N) is 2. The van der Waals surface area contributed by atoms with Crippen molar-refractivity contribution in [1.29, 1.82) is 0 Å². The van der Waals surface area contributed by atoms with Gasteiger partial charge in [0.25, 0.3) is 0 Å². The highest BCUT2D eigenvalue weighted by Crippen LogP contribution is 2.20. The van der Waals surface area contributed by atoms with Crippen LogP contribution in [0.1, 0.15) is 20.3 Å². The van der Waals surface area contributed by atoms with Crippen LogP contribution in [-0.4, -0.2) is 54.0 Å². The third-order valence-electron chi connectivity index (χ3n) is 2.62. The van der Waals surface area contributed by atoms with Gasteiger partial charge in [0.05, 0.1) is 5.88 Å². The molecule has 1 fully saturated rings. The van der Waals surface area contributed by atoms with Gasteiger partial charge in [0, 0.05) is 25.8 Å². The summed E-state index contributed by atoms with van der Waals surface area (Å²) in [5.41, 5.74) is 0. The number of rotatable bonds is 6. The van der Waals surface area contributed by atoms with Crippen molar-refractivity contribution in [1.82, 2.24) is 15.5 Å². The number of carbonyl (C=O) groups is 2. The molecule has 2 amide bonds. The van der Waals surface area contributed by atoms with E-state index in [0.717, 1.165) is 19.5 Å². The van der Waals surface area contributed by atoms with E-state index in [4.69, 9.17) is 0 Å². The molecule has 0 aromatic heterocycles. The molecule has 0 aromatic rings. The summed E-state index contributed by atoms with van der Waals surface area (Å²) in [5.74, 6) is 1.26. The summed E-state index contributed by atoms with van der Waals surface area (Å²) in [4.78, 5) is 24.8. The molecule has 1 unspecified atom stereocenters. The second-order valence-corrected chi connectivity index (χ2v) is 5.05. The topological polar surface area (TPSA) is 61.4 Å². The fourth-order valence-electron chi connectivity index (χ4n) is 1.66. The van der Waals surface area contributed by atoms with Crippen LogP contribution in [0.5, 0.6) is 0 Å². The number of halogens is 1. The Bertz CT molecular complexity index is 279. The summed E-state index contributed by atoms with van der Waals surface area (Å²) >= 11 is 1.62. The van der Waals surface area contributed by atoms with Crippen molar-refractivity contribution in [3.05, 3.63) is 0 Å². The smallest absolute Gasteiger partial charge is 0.243 e. The third kappa shape index (κ3) is 5.46. The van der Waals surface area contributed by atoms with Gasteiger partial charge in [-0.15, -0.1) is 24.2 Å². The molecule has 1 saturated heterocycles. The van der Waals surface area contributed by atoms with Crippen LogP contribution < -0.4 is 10.6 Å². The van der Waals surface area contributed by atoms with Gasteiger partial charge < -0.3 is 15.5 Å². The first kappa shape index (κ1) is 17.5. The summed E-state index contributed by atoms with van der Waals surface area (Å²) in [7, 11) is 0. The first-order valence-corrected chi connectivity index (χ1v) is 7.15. The molecule has 18 heavy (non-hydrogen) atoms. The quantitative estimate of drug-likeness (QED) is 0.698. The molecular formula is C11H22ClN3O2S. The minimum absolute atomic E-state index is 0. The SMILES string of the molecule is CCCNCCNC(=O)C1CSCN1C(C)=O.Cl. The van der Waals surface area contributed by atoms with E-state index in [0.29, 0.717) is 18.2 Å². The lowest BCUT2D eigenvalue weighted by Gasteiger charge is -2.21. The Balaban J connectivity index is 0.00000289. The van der Waals surface area contributed by atoms with Crippen molar-refractivity contribution in [3.63, 3.8) is 0 Å². The highest BCUT2D eigenvalue weighted by molar-refractivity contribution is 7.99. The van der Waals surface area contributed by atoms with Gasteiger partial charge in [-0.3, -0.25) is 9.59 Å². The second-order valence-electron chi connectivity index (χ2n) is 4.05. The fraction of sp³-hybridized carbons (Fsp3) is 0.818. The van der Waals surface area contributed by atoms with Crippen LogP contribution in [0.3, 0.4) is 0 Å². The van der Waals surface area contributed by atoms with Gasteiger partial charge in [0.2, 0.25) is 11.8 Å². The first-order valence-electron chi connectivity index (χ1n) is 6.00. The molecule has 1 aliphatic rings. The summed E-state index contributed by atoms with van der Waals surface area (Å²) < 4.78 is 0. The van der Waals surface area contributed by atoms with Crippen LogP contribution in [0.25, 0.3) is 0 Å². The Morgan fingerprint density at radius 2 is 2.06 bits per heavy atom. The lowest BCUT2D eigenvalue weighted by atomic mass is 10.2. The van der Waals surface area contributed by atoms with Crippen molar-refractivity contribution in [2.75, 3.05) is 31.3 Å². The molecule has 1 rings (SSSR count). The van der Waals surface area contributed by atoms with Gasteiger partial charge in [0.1, 0.15) is 6.04 Å². The van der Waals surface area contributed by atoms with Crippen LogP contribution in [-0.2, 0) is 9.59 Å². The monoisotopic (exact) mass is 295 g/mol. The molecule has 0 spiro atoms. The predicted molar refractivity (Wildman–Crippen MR) is 77.1 cm³/mol. The second kappa shape index (κ2) is 9.47. The number of hydrogen-bond donors (Lipinski definition) is 2. The summed E-state index contributed by atoms with van der Waals surface area (Å²) in [6, 6.07) is -0.288.